The fourth-order valence-corrected chi connectivity index (χ4v) is 4.10. The van der Waals surface area contributed by atoms with Gasteiger partial charge >= 0.3 is 0 Å². The first kappa shape index (κ1) is 19.4. The Morgan fingerprint density at radius 3 is 2.21 bits per heavy atom. The van der Waals surface area contributed by atoms with E-state index < -0.39 is 0 Å². The monoisotopic (exact) mass is 384 g/mol. The number of carbonyl (C=O) groups is 1. The van der Waals surface area contributed by atoms with Crippen molar-refractivity contribution in [2.24, 2.45) is 0 Å². The molecule has 3 nitrogen and oxygen atoms in total. The molecule has 1 fully saturated rings. The normalized spacial score (nSPS) is 15.2. The molecule has 3 heteroatoms. The Labute approximate surface area is 173 Å². The van der Waals surface area contributed by atoms with E-state index in [0.29, 0.717) is 18.0 Å². The summed E-state index contributed by atoms with van der Waals surface area (Å²) >= 11 is 0. The average Bonchev–Trinajstić information content (AvgIpc) is 2.79. The van der Waals surface area contributed by atoms with Crippen molar-refractivity contribution in [3.05, 3.63) is 107 Å². The van der Waals surface area contributed by atoms with Crippen molar-refractivity contribution >= 4 is 5.91 Å². The van der Waals surface area contributed by atoms with Gasteiger partial charge in [-0.3, -0.25) is 9.69 Å². The van der Waals surface area contributed by atoms with Crippen molar-refractivity contribution < 1.29 is 4.79 Å². The number of carbonyl (C=O) groups excluding carboxylic acids is 1. The Morgan fingerprint density at radius 2 is 1.48 bits per heavy atom. The van der Waals surface area contributed by atoms with Gasteiger partial charge in [0, 0.05) is 18.7 Å². The fourth-order valence-electron chi connectivity index (χ4n) is 4.10. The Morgan fingerprint density at radius 1 is 0.828 bits per heavy atom. The molecule has 1 heterocycles. The van der Waals surface area contributed by atoms with Crippen molar-refractivity contribution in [3.8, 4) is 0 Å². The van der Waals surface area contributed by atoms with Gasteiger partial charge in [-0.1, -0.05) is 72.8 Å². The van der Waals surface area contributed by atoms with E-state index in [4.69, 9.17) is 0 Å². The summed E-state index contributed by atoms with van der Waals surface area (Å²) in [6.45, 7) is 3.87. The van der Waals surface area contributed by atoms with Crippen LogP contribution in [0.15, 0.2) is 84.9 Å². The van der Waals surface area contributed by atoms with Crippen LogP contribution < -0.4 is 5.32 Å². The number of hydrogen-bond acceptors (Lipinski definition) is 2. The molecule has 1 saturated heterocycles. The molecule has 4 rings (SSSR count). The number of amides is 1. The van der Waals surface area contributed by atoms with Gasteiger partial charge in [0.1, 0.15) is 0 Å². The average molecular weight is 385 g/mol. The van der Waals surface area contributed by atoms with Crippen molar-refractivity contribution in [3.63, 3.8) is 0 Å². The number of rotatable bonds is 6. The minimum atomic E-state index is -0.0229. The predicted octanol–water partition coefficient (Wildman–Crippen LogP) is 5.00. The van der Waals surface area contributed by atoms with E-state index in [2.05, 4.69) is 64.8 Å². The van der Waals surface area contributed by atoms with Crippen molar-refractivity contribution in [2.75, 3.05) is 13.1 Å². The van der Waals surface area contributed by atoms with Crippen LogP contribution in [0.5, 0.6) is 0 Å². The maximum absolute atomic E-state index is 12.3. The standard InChI is InChI=1S/C26H28N2O/c29-26(24-11-5-2-6-12-24)27-19-22-10-7-13-25(18-22)23-14-16-28(17-15-23)20-21-8-3-1-4-9-21/h1-13,18,23H,14-17,19-20H2,(H,27,29). The highest BCUT2D eigenvalue weighted by atomic mass is 16.1. The topological polar surface area (TPSA) is 32.3 Å². The number of piperidine rings is 1. The predicted molar refractivity (Wildman–Crippen MR) is 118 cm³/mol. The van der Waals surface area contributed by atoms with Crippen LogP contribution in [-0.4, -0.2) is 23.9 Å². The van der Waals surface area contributed by atoms with E-state index >= 15 is 0 Å². The lowest BCUT2D eigenvalue weighted by Crippen LogP contribution is -2.32. The van der Waals surface area contributed by atoms with E-state index in [9.17, 15) is 4.79 Å². The fraction of sp³-hybridized carbons (Fsp3) is 0.269. The molecular formula is C26H28N2O. The van der Waals surface area contributed by atoms with Gasteiger partial charge in [-0.25, -0.2) is 0 Å². The van der Waals surface area contributed by atoms with E-state index in [0.717, 1.165) is 19.6 Å². The molecule has 0 radical (unpaired) electrons. The van der Waals surface area contributed by atoms with Gasteiger partial charge in [-0.05, 0) is 60.7 Å². The van der Waals surface area contributed by atoms with Gasteiger partial charge in [0.2, 0.25) is 0 Å². The van der Waals surface area contributed by atoms with Gasteiger partial charge in [0.05, 0.1) is 0 Å². The summed E-state index contributed by atoms with van der Waals surface area (Å²) in [4.78, 5) is 14.8. The Balaban J connectivity index is 1.30. The number of nitrogens with one attached hydrogen (secondary N) is 1. The molecule has 3 aromatic rings. The Kier molecular flexibility index (Phi) is 6.38. The third-order valence-corrected chi connectivity index (χ3v) is 5.75. The largest absolute Gasteiger partial charge is 0.348 e. The first-order valence-corrected chi connectivity index (χ1v) is 10.5. The van der Waals surface area contributed by atoms with Crippen LogP contribution in [0.1, 0.15) is 45.8 Å². The molecule has 0 unspecified atom stereocenters. The number of nitrogens with zero attached hydrogens (tertiary/aromatic N) is 1. The van der Waals surface area contributed by atoms with Crippen LogP contribution in [0.25, 0.3) is 0 Å². The molecule has 1 amide bonds. The zero-order valence-corrected chi connectivity index (χ0v) is 16.8. The Bertz CT molecular complexity index is 916. The first-order valence-electron chi connectivity index (χ1n) is 10.5. The molecule has 0 aromatic heterocycles. The lowest BCUT2D eigenvalue weighted by atomic mass is 9.88. The Hall–Kier alpha value is -2.91. The molecule has 0 bridgehead atoms. The number of hydrogen-bond donors (Lipinski definition) is 1. The van der Waals surface area contributed by atoms with Crippen molar-refractivity contribution in [2.45, 2.75) is 31.8 Å². The van der Waals surface area contributed by atoms with Gasteiger partial charge in [0.15, 0.2) is 0 Å². The number of likely N-dealkylation sites (tertiary alicyclic amines) is 1. The summed E-state index contributed by atoms with van der Waals surface area (Å²) in [5.41, 5.74) is 4.66. The van der Waals surface area contributed by atoms with Crippen LogP contribution >= 0.6 is 0 Å². The van der Waals surface area contributed by atoms with Crippen LogP contribution in [0, 0.1) is 0 Å². The molecule has 0 spiro atoms. The van der Waals surface area contributed by atoms with Gasteiger partial charge in [-0.2, -0.15) is 0 Å². The molecule has 148 valence electrons. The van der Waals surface area contributed by atoms with E-state index in [-0.39, 0.29) is 5.91 Å². The zero-order chi connectivity index (χ0) is 19.9. The molecule has 0 atom stereocenters. The second kappa shape index (κ2) is 9.53. The molecule has 0 saturated carbocycles. The van der Waals surface area contributed by atoms with E-state index in [1.807, 2.05) is 30.3 Å². The minimum Gasteiger partial charge on any atom is -0.348 e. The van der Waals surface area contributed by atoms with E-state index in [1.165, 1.54) is 29.5 Å². The second-order valence-electron chi connectivity index (χ2n) is 7.83. The lowest BCUT2D eigenvalue weighted by molar-refractivity contribution is 0.0951. The molecule has 29 heavy (non-hydrogen) atoms. The van der Waals surface area contributed by atoms with Gasteiger partial charge in [0.25, 0.3) is 5.91 Å². The zero-order valence-electron chi connectivity index (χ0n) is 16.8. The third-order valence-electron chi connectivity index (χ3n) is 5.75. The minimum absolute atomic E-state index is 0.0229. The third kappa shape index (κ3) is 5.33. The highest BCUT2D eigenvalue weighted by Crippen LogP contribution is 2.29. The van der Waals surface area contributed by atoms with Gasteiger partial charge in [-0.15, -0.1) is 0 Å². The highest BCUT2D eigenvalue weighted by molar-refractivity contribution is 5.94. The second-order valence-corrected chi connectivity index (χ2v) is 7.83. The molecular weight excluding hydrogens is 356 g/mol. The van der Waals surface area contributed by atoms with Crippen LogP contribution in [0.2, 0.25) is 0 Å². The summed E-state index contributed by atoms with van der Waals surface area (Å²) in [7, 11) is 0. The summed E-state index contributed by atoms with van der Waals surface area (Å²) in [6.07, 6.45) is 2.37. The summed E-state index contributed by atoms with van der Waals surface area (Å²) < 4.78 is 0. The summed E-state index contributed by atoms with van der Waals surface area (Å²) in [6, 6.07) is 28.8. The first-order chi connectivity index (χ1) is 14.3. The van der Waals surface area contributed by atoms with Gasteiger partial charge < -0.3 is 5.32 Å². The maximum atomic E-state index is 12.3. The molecule has 1 N–H and O–H groups in total. The smallest absolute Gasteiger partial charge is 0.251 e. The van der Waals surface area contributed by atoms with E-state index in [1.54, 1.807) is 0 Å². The SMILES string of the molecule is O=C(NCc1cccc(C2CCN(Cc3ccccc3)CC2)c1)c1ccccc1. The molecule has 1 aliphatic heterocycles. The number of benzene rings is 3. The van der Waals surface area contributed by atoms with Crippen molar-refractivity contribution in [1.82, 2.24) is 10.2 Å². The molecule has 0 aliphatic carbocycles. The quantitative estimate of drug-likeness (QED) is 0.649. The van der Waals surface area contributed by atoms with Crippen LogP contribution in [0.3, 0.4) is 0 Å². The van der Waals surface area contributed by atoms with Crippen LogP contribution in [-0.2, 0) is 13.1 Å². The molecule has 3 aromatic carbocycles. The lowest BCUT2D eigenvalue weighted by Gasteiger charge is -2.32. The summed E-state index contributed by atoms with van der Waals surface area (Å²) in [5.74, 6) is 0.581. The summed E-state index contributed by atoms with van der Waals surface area (Å²) in [5, 5.41) is 3.03. The van der Waals surface area contributed by atoms with Crippen LogP contribution in [0.4, 0.5) is 0 Å². The highest BCUT2D eigenvalue weighted by Gasteiger charge is 2.20. The molecule has 1 aliphatic rings. The maximum Gasteiger partial charge on any atom is 0.251 e. The van der Waals surface area contributed by atoms with Crippen molar-refractivity contribution in [1.29, 1.82) is 0 Å².